The van der Waals surface area contributed by atoms with E-state index in [2.05, 4.69) is 45.8 Å². The molecule has 3 aromatic heterocycles. The minimum Gasteiger partial charge on any atom is -0.334 e. The van der Waals surface area contributed by atoms with E-state index in [-0.39, 0.29) is 11.5 Å². The first-order valence-corrected chi connectivity index (χ1v) is 10.1. The summed E-state index contributed by atoms with van der Waals surface area (Å²) >= 11 is 0. The Morgan fingerprint density at radius 1 is 1.18 bits per heavy atom. The van der Waals surface area contributed by atoms with Gasteiger partial charge in [0.2, 0.25) is 0 Å². The fraction of sp³-hybridized carbons (Fsp3) is 0.619. The number of nitrogens with zero attached hydrogens (tertiary/aromatic N) is 5. The average molecular weight is 383 g/mol. The first kappa shape index (κ1) is 19.1. The van der Waals surface area contributed by atoms with Crippen molar-refractivity contribution in [1.82, 2.24) is 24.9 Å². The Bertz CT molecular complexity index is 1020. The average Bonchev–Trinajstić information content (AvgIpc) is 3.33. The molecule has 0 amide bonds. The Kier molecular flexibility index (Phi) is 4.34. The molecular formula is C21H30N6O. The van der Waals surface area contributed by atoms with Crippen molar-refractivity contribution in [3.63, 3.8) is 0 Å². The van der Waals surface area contributed by atoms with Crippen LogP contribution in [0.4, 0.5) is 0 Å². The van der Waals surface area contributed by atoms with Gasteiger partial charge in [0.1, 0.15) is 0 Å². The fourth-order valence-corrected chi connectivity index (χ4v) is 4.01. The third-order valence-electron chi connectivity index (χ3n) is 5.66. The quantitative estimate of drug-likeness (QED) is 0.721. The molecule has 0 aromatic carbocycles. The van der Waals surface area contributed by atoms with Crippen LogP contribution in [0.3, 0.4) is 0 Å². The number of rotatable bonds is 3. The molecule has 0 radical (unpaired) electrons. The summed E-state index contributed by atoms with van der Waals surface area (Å²) in [6.45, 7) is 12.7. The van der Waals surface area contributed by atoms with Gasteiger partial charge in [-0.1, -0.05) is 31.8 Å². The molecule has 0 atom stereocenters. The van der Waals surface area contributed by atoms with Crippen LogP contribution in [0.15, 0.2) is 10.6 Å². The summed E-state index contributed by atoms with van der Waals surface area (Å²) < 4.78 is 7.71. The summed E-state index contributed by atoms with van der Waals surface area (Å²) in [6, 6.07) is 2.06. The molecular weight excluding hydrogens is 352 g/mol. The van der Waals surface area contributed by atoms with E-state index < -0.39 is 5.54 Å². The molecule has 1 aliphatic carbocycles. The van der Waals surface area contributed by atoms with Gasteiger partial charge in [-0.2, -0.15) is 10.1 Å². The second-order valence-corrected chi connectivity index (χ2v) is 9.40. The molecule has 1 saturated carbocycles. The van der Waals surface area contributed by atoms with Crippen molar-refractivity contribution in [3.05, 3.63) is 23.3 Å². The number of aromatic nitrogens is 5. The monoisotopic (exact) mass is 382 g/mol. The van der Waals surface area contributed by atoms with Crippen LogP contribution in [0.25, 0.3) is 22.5 Å². The van der Waals surface area contributed by atoms with Crippen LogP contribution in [0, 0.1) is 6.92 Å². The molecule has 3 heterocycles. The van der Waals surface area contributed by atoms with E-state index in [9.17, 15) is 0 Å². The van der Waals surface area contributed by atoms with E-state index in [1.807, 2.05) is 11.6 Å². The molecule has 0 aliphatic heterocycles. The van der Waals surface area contributed by atoms with Crippen molar-refractivity contribution in [2.45, 2.75) is 84.2 Å². The predicted octanol–water partition coefficient (Wildman–Crippen LogP) is 4.40. The first-order chi connectivity index (χ1) is 13.1. The van der Waals surface area contributed by atoms with Crippen molar-refractivity contribution >= 4 is 11.0 Å². The molecule has 0 saturated heterocycles. The van der Waals surface area contributed by atoms with Crippen LogP contribution in [-0.4, -0.2) is 24.9 Å². The Balaban J connectivity index is 1.94. The van der Waals surface area contributed by atoms with Gasteiger partial charge in [0, 0.05) is 5.69 Å². The van der Waals surface area contributed by atoms with E-state index in [0.29, 0.717) is 11.7 Å². The number of fused-ring (bicyclic) bond motifs is 1. The first-order valence-electron chi connectivity index (χ1n) is 10.1. The predicted molar refractivity (Wildman–Crippen MR) is 109 cm³/mol. The van der Waals surface area contributed by atoms with Gasteiger partial charge >= 0.3 is 0 Å². The Morgan fingerprint density at radius 2 is 1.86 bits per heavy atom. The van der Waals surface area contributed by atoms with Crippen LogP contribution in [-0.2, 0) is 11.1 Å². The maximum Gasteiger partial charge on any atom is 0.258 e. The lowest BCUT2D eigenvalue weighted by atomic mass is 9.98. The topological polar surface area (TPSA) is 95.7 Å². The van der Waals surface area contributed by atoms with Crippen molar-refractivity contribution in [3.8, 4) is 11.5 Å². The normalized spacial score (nSPS) is 17.1. The number of nitrogens with two attached hydrogens (primary N) is 1. The third-order valence-corrected chi connectivity index (χ3v) is 5.66. The lowest BCUT2D eigenvalue weighted by Crippen LogP contribution is -2.34. The Hall–Kier alpha value is -2.28. The molecule has 4 rings (SSSR count). The van der Waals surface area contributed by atoms with Crippen LogP contribution >= 0.6 is 0 Å². The van der Waals surface area contributed by atoms with Gasteiger partial charge in [0.25, 0.3) is 5.89 Å². The second-order valence-electron chi connectivity index (χ2n) is 9.40. The van der Waals surface area contributed by atoms with Crippen LogP contribution in [0.1, 0.15) is 83.4 Å². The summed E-state index contributed by atoms with van der Waals surface area (Å²) in [5, 5.41) is 10.0. The summed E-state index contributed by atoms with van der Waals surface area (Å²) in [4.78, 5) is 9.66. The zero-order valence-corrected chi connectivity index (χ0v) is 17.7. The lowest BCUT2D eigenvalue weighted by molar-refractivity contribution is 0.364. The van der Waals surface area contributed by atoms with Crippen molar-refractivity contribution < 1.29 is 4.52 Å². The molecule has 1 aliphatic rings. The standard InChI is InChI=1S/C21H30N6O/c1-12(2)15-11-14(16-13(3)25-27(17(16)23-15)20(4,5)6)18-24-19(26-28-18)21(22)9-7-8-10-21/h11-12H,7-10,22H2,1-6H3. The smallest absolute Gasteiger partial charge is 0.258 e. The van der Waals surface area contributed by atoms with Crippen LogP contribution in [0.2, 0.25) is 0 Å². The maximum absolute atomic E-state index is 6.54. The molecule has 2 N–H and O–H groups in total. The van der Waals surface area contributed by atoms with Crippen LogP contribution < -0.4 is 5.73 Å². The van der Waals surface area contributed by atoms with E-state index in [1.165, 1.54) is 0 Å². The molecule has 0 spiro atoms. The van der Waals surface area contributed by atoms with Gasteiger partial charge in [-0.15, -0.1) is 0 Å². The highest BCUT2D eigenvalue weighted by Crippen LogP contribution is 2.38. The van der Waals surface area contributed by atoms with Gasteiger partial charge in [-0.05, 0) is 52.5 Å². The van der Waals surface area contributed by atoms with Crippen molar-refractivity contribution in [2.75, 3.05) is 0 Å². The summed E-state index contributed by atoms with van der Waals surface area (Å²) in [7, 11) is 0. The van der Waals surface area contributed by atoms with Gasteiger partial charge in [-0.25, -0.2) is 9.67 Å². The van der Waals surface area contributed by atoms with Gasteiger partial charge in [-0.3, -0.25) is 0 Å². The van der Waals surface area contributed by atoms with Crippen LogP contribution in [0.5, 0.6) is 0 Å². The second kappa shape index (κ2) is 6.37. The summed E-state index contributed by atoms with van der Waals surface area (Å²) in [5.74, 6) is 1.37. The van der Waals surface area contributed by atoms with Crippen molar-refractivity contribution in [2.24, 2.45) is 5.73 Å². The SMILES string of the molecule is Cc1nn(C(C)(C)C)c2nc(C(C)C)cc(-c3nc(C4(N)CCCC4)no3)c12. The van der Waals surface area contributed by atoms with E-state index in [0.717, 1.165) is 53.7 Å². The zero-order valence-electron chi connectivity index (χ0n) is 17.7. The van der Waals surface area contributed by atoms with Gasteiger partial charge < -0.3 is 10.3 Å². The molecule has 150 valence electrons. The maximum atomic E-state index is 6.54. The number of hydrogen-bond donors (Lipinski definition) is 1. The molecule has 7 nitrogen and oxygen atoms in total. The summed E-state index contributed by atoms with van der Waals surface area (Å²) in [6.07, 6.45) is 4.01. The molecule has 28 heavy (non-hydrogen) atoms. The third kappa shape index (κ3) is 3.02. The minimum atomic E-state index is -0.473. The Morgan fingerprint density at radius 3 is 2.46 bits per heavy atom. The molecule has 1 fully saturated rings. The minimum absolute atomic E-state index is 0.183. The van der Waals surface area contributed by atoms with E-state index in [1.54, 1.807) is 0 Å². The number of hydrogen-bond acceptors (Lipinski definition) is 6. The van der Waals surface area contributed by atoms with E-state index >= 15 is 0 Å². The lowest BCUT2D eigenvalue weighted by Gasteiger charge is -2.20. The molecule has 3 aromatic rings. The fourth-order valence-electron chi connectivity index (χ4n) is 4.01. The highest BCUT2D eigenvalue weighted by molar-refractivity contribution is 5.93. The highest BCUT2D eigenvalue weighted by Gasteiger charge is 2.36. The Labute approximate surface area is 165 Å². The zero-order chi connectivity index (χ0) is 20.3. The molecule has 7 heteroatoms. The number of aryl methyl sites for hydroxylation is 1. The molecule has 0 bridgehead atoms. The molecule has 0 unspecified atom stereocenters. The van der Waals surface area contributed by atoms with Gasteiger partial charge in [0.15, 0.2) is 11.5 Å². The van der Waals surface area contributed by atoms with Gasteiger partial charge in [0.05, 0.1) is 27.7 Å². The summed E-state index contributed by atoms with van der Waals surface area (Å²) in [5.41, 5.74) is 9.52. The van der Waals surface area contributed by atoms with E-state index in [4.69, 9.17) is 25.3 Å². The van der Waals surface area contributed by atoms with Crippen molar-refractivity contribution in [1.29, 1.82) is 0 Å². The highest BCUT2D eigenvalue weighted by atomic mass is 16.5. The largest absolute Gasteiger partial charge is 0.334 e. The number of pyridine rings is 1.